The first kappa shape index (κ1) is 15.0. The topological polar surface area (TPSA) is 101 Å². The number of aromatic nitrogens is 2. The zero-order valence-electron chi connectivity index (χ0n) is 11.0. The average Bonchev–Trinajstić information content (AvgIpc) is 2.48. The maximum absolute atomic E-state index is 11.7. The number of benzene rings is 1. The Labute approximate surface area is 128 Å². The number of halogens is 1. The lowest BCUT2D eigenvalue weighted by Crippen LogP contribution is -2.07. The second-order valence-corrected chi connectivity index (χ2v) is 4.76. The van der Waals surface area contributed by atoms with E-state index in [-0.39, 0.29) is 18.0 Å². The van der Waals surface area contributed by atoms with E-state index < -0.39 is 5.97 Å². The van der Waals surface area contributed by atoms with E-state index in [4.69, 9.17) is 10.3 Å². The van der Waals surface area contributed by atoms with Crippen molar-refractivity contribution in [3.8, 4) is 11.4 Å². The molecule has 106 valence electrons. The quantitative estimate of drug-likeness (QED) is 0.360. The third-order valence-corrected chi connectivity index (χ3v) is 3.03. The molecule has 0 atom stereocenters. The van der Waals surface area contributed by atoms with Crippen LogP contribution < -0.4 is 0 Å². The van der Waals surface area contributed by atoms with Gasteiger partial charge >= 0.3 is 5.97 Å². The fraction of sp³-hybridized carbons (Fsp3) is 0.154. The predicted octanol–water partition coefficient (Wildman–Crippen LogP) is 4.02. The van der Waals surface area contributed by atoms with Gasteiger partial charge in [-0.2, -0.15) is 0 Å². The fourth-order valence-electron chi connectivity index (χ4n) is 1.58. The van der Waals surface area contributed by atoms with Gasteiger partial charge in [0.25, 0.3) is 0 Å². The summed E-state index contributed by atoms with van der Waals surface area (Å²) < 4.78 is 5.79. The van der Waals surface area contributed by atoms with Crippen molar-refractivity contribution < 1.29 is 9.53 Å². The highest BCUT2D eigenvalue weighted by atomic mass is 79.9. The zero-order chi connectivity index (χ0) is 15.2. The molecule has 1 heterocycles. The van der Waals surface area contributed by atoms with E-state index in [2.05, 4.69) is 35.9 Å². The monoisotopic (exact) mass is 347 g/mol. The van der Waals surface area contributed by atoms with Crippen LogP contribution in [0.4, 0.5) is 5.82 Å². The van der Waals surface area contributed by atoms with Gasteiger partial charge in [0.05, 0.1) is 6.61 Å². The molecule has 0 aliphatic carbocycles. The summed E-state index contributed by atoms with van der Waals surface area (Å²) in [5.74, 6) is -0.316. The van der Waals surface area contributed by atoms with Crippen LogP contribution in [0.5, 0.6) is 0 Å². The van der Waals surface area contributed by atoms with Crippen LogP contribution in [0.25, 0.3) is 21.8 Å². The van der Waals surface area contributed by atoms with Gasteiger partial charge < -0.3 is 4.74 Å². The Morgan fingerprint density at radius 1 is 1.43 bits per heavy atom. The minimum atomic E-state index is -0.623. The summed E-state index contributed by atoms with van der Waals surface area (Å²) in [5, 5.41) is 3.43. The van der Waals surface area contributed by atoms with E-state index in [1.165, 1.54) is 6.20 Å². The molecule has 0 saturated heterocycles. The molecule has 7 nitrogen and oxygen atoms in total. The van der Waals surface area contributed by atoms with Gasteiger partial charge in [-0.15, -0.1) is 0 Å². The lowest BCUT2D eigenvalue weighted by Gasteiger charge is -2.06. The van der Waals surface area contributed by atoms with Crippen molar-refractivity contribution in [1.82, 2.24) is 9.97 Å². The van der Waals surface area contributed by atoms with Crippen molar-refractivity contribution >= 4 is 27.7 Å². The minimum absolute atomic E-state index is 0.0375. The third-order valence-electron chi connectivity index (χ3n) is 2.51. The number of ether oxygens (including phenoxy) is 1. The Kier molecular flexibility index (Phi) is 4.86. The number of azide groups is 1. The molecule has 2 rings (SSSR count). The summed E-state index contributed by atoms with van der Waals surface area (Å²) in [5.41, 5.74) is 9.37. The maximum atomic E-state index is 11.7. The van der Waals surface area contributed by atoms with Crippen LogP contribution in [0, 0.1) is 0 Å². The van der Waals surface area contributed by atoms with Crippen LogP contribution in [-0.4, -0.2) is 22.5 Å². The van der Waals surface area contributed by atoms with Crippen molar-refractivity contribution in [3.63, 3.8) is 0 Å². The Morgan fingerprint density at radius 2 is 2.14 bits per heavy atom. The molecule has 0 saturated carbocycles. The number of carbonyl (C=O) groups excluding carboxylic acids is 1. The first-order chi connectivity index (χ1) is 10.2. The van der Waals surface area contributed by atoms with Gasteiger partial charge in [0, 0.05) is 21.1 Å². The number of hydrogen-bond donors (Lipinski definition) is 0. The Balaban J connectivity index is 2.47. The maximum Gasteiger partial charge on any atom is 0.341 e. The molecule has 0 radical (unpaired) electrons. The van der Waals surface area contributed by atoms with Crippen LogP contribution in [0.2, 0.25) is 0 Å². The van der Waals surface area contributed by atoms with E-state index in [0.717, 1.165) is 10.0 Å². The highest BCUT2D eigenvalue weighted by Crippen LogP contribution is 2.23. The second-order valence-electron chi connectivity index (χ2n) is 3.85. The van der Waals surface area contributed by atoms with Crippen molar-refractivity contribution in [3.05, 3.63) is 50.9 Å². The van der Waals surface area contributed by atoms with E-state index in [9.17, 15) is 4.79 Å². The molecule has 0 bridgehead atoms. The van der Waals surface area contributed by atoms with Gasteiger partial charge in [0.1, 0.15) is 11.4 Å². The summed E-state index contributed by atoms with van der Waals surface area (Å²) in [4.78, 5) is 22.7. The third kappa shape index (κ3) is 3.56. The number of hydrogen-bond acceptors (Lipinski definition) is 5. The molecule has 0 fully saturated rings. The molecule has 0 amide bonds. The summed E-state index contributed by atoms with van der Waals surface area (Å²) in [6.45, 7) is 1.89. The van der Waals surface area contributed by atoms with Crippen LogP contribution >= 0.6 is 15.9 Å². The van der Waals surface area contributed by atoms with Gasteiger partial charge in [-0.1, -0.05) is 28.1 Å². The molecule has 8 heteroatoms. The molecular formula is C13H10BrN5O2. The van der Waals surface area contributed by atoms with Crippen molar-refractivity contribution in [2.75, 3.05) is 6.61 Å². The van der Waals surface area contributed by atoms with Crippen molar-refractivity contribution in [1.29, 1.82) is 0 Å². The number of rotatable bonds is 4. The van der Waals surface area contributed by atoms with Crippen LogP contribution in [-0.2, 0) is 4.74 Å². The normalized spacial score (nSPS) is 9.81. The lowest BCUT2D eigenvalue weighted by molar-refractivity contribution is 0.0526. The molecule has 0 N–H and O–H groups in total. The van der Waals surface area contributed by atoms with E-state index in [0.29, 0.717) is 5.82 Å². The molecule has 0 aliphatic heterocycles. The predicted molar refractivity (Wildman–Crippen MR) is 79.9 cm³/mol. The van der Waals surface area contributed by atoms with Gasteiger partial charge in [-0.25, -0.2) is 14.8 Å². The summed E-state index contributed by atoms with van der Waals surface area (Å²) >= 11 is 3.34. The zero-order valence-corrected chi connectivity index (χ0v) is 12.6. The molecule has 1 aromatic heterocycles. The highest BCUT2D eigenvalue weighted by molar-refractivity contribution is 9.10. The molecular weight excluding hydrogens is 338 g/mol. The number of nitrogens with zero attached hydrogens (tertiary/aromatic N) is 5. The largest absolute Gasteiger partial charge is 0.462 e. The number of esters is 1. The SMILES string of the molecule is CCOC(=O)c1cnc(-c2ccc(Br)cc2)nc1N=[N+]=[N-]. The molecule has 0 spiro atoms. The first-order valence-electron chi connectivity index (χ1n) is 6.01. The Bertz CT molecular complexity index is 711. The van der Waals surface area contributed by atoms with Crippen molar-refractivity contribution in [2.24, 2.45) is 5.11 Å². The van der Waals surface area contributed by atoms with Crippen LogP contribution in [0.15, 0.2) is 40.0 Å². The van der Waals surface area contributed by atoms with Gasteiger partial charge in [0.2, 0.25) is 0 Å². The summed E-state index contributed by atoms with van der Waals surface area (Å²) in [7, 11) is 0. The highest BCUT2D eigenvalue weighted by Gasteiger charge is 2.15. The minimum Gasteiger partial charge on any atom is -0.462 e. The second kappa shape index (κ2) is 6.83. The summed E-state index contributed by atoms with van der Waals surface area (Å²) in [6, 6.07) is 7.29. The lowest BCUT2D eigenvalue weighted by atomic mass is 10.2. The van der Waals surface area contributed by atoms with Crippen LogP contribution in [0.3, 0.4) is 0 Å². The van der Waals surface area contributed by atoms with E-state index in [1.54, 1.807) is 6.92 Å². The van der Waals surface area contributed by atoms with E-state index >= 15 is 0 Å². The number of carbonyl (C=O) groups is 1. The standard InChI is InChI=1S/C13H10BrN5O2/c1-2-21-13(20)10-7-16-11(17-12(10)18-19-15)8-3-5-9(14)6-4-8/h3-7H,2H2,1H3. The summed E-state index contributed by atoms with van der Waals surface area (Å²) in [6.07, 6.45) is 1.30. The van der Waals surface area contributed by atoms with Crippen molar-refractivity contribution in [2.45, 2.75) is 6.92 Å². The van der Waals surface area contributed by atoms with Gasteiger partial charge in [-0.3, -0.25) is 0 Å². The van der Waals surface area contributed by atoms with Gasteiger partial charge in [-0.05, 0) is 29.7 Å². The Hall–Kier alpha value is -2.44. The smallest absolute Gasteiger partial charge is 0.341 e. The van der Waals surface area contributed by atoms with Gasteiger partial charge in [0.15, 0.2) is 5.82 Å². The molecule has 1 aromatic carbocycles. The molecule has 0 aliphatic rings. The molecule has 21 heavy (non-hydrogen) atoms. The fourth-order valence-corrected chi connectivity index (χ4v) is 1.85. The van der Waals surface area contributed by atoms with E-state index in [1.807, 2.05) is 24.3 Å². The first-order valence-corrected chi connectivity index (χ1v) is 6.80. The average molecular weight is 348 g/mol. The molecule has 2 aromatic rings. The molecule has 0 unspecified atom stereocenters. The Morgan fingerprint density at radius 3 is 2.76 bits per heavy atom. The van der Waals surface area contributed by atoms with Crippen LogP contribution in [0.1, 0.15) is 17.3 Å².